The van der Waals surface area contributed by atoms with E-state index in [0.29, 0.717) is 20.8 Å². The van der Waals surface area contributed by atoms with Crippen molar-refractivity contribution in [2.75, 3.05) is 11.1 Å². The second kappa shape index (κ2) is 6.25. The minimum absolute atomic E-state index is 0.0711. The van der Waals surface area contributed by atoms with E-state index in [1.165, 1.54) is 10.8 Å². The predicted molar refractivity (Wildman–Crippen MR) is 90.2 cm³/mol. The first kappa shape index (κ1) is 15.5. The maximum Gasteiger partial charge on any atom is 0.267 e. The summed E-state index contributed by atoms with van der Waals surface area (Å²) >= 11 is 1.90. The molecule has 21 heavy (non-hydrogen) atoms. The molecule has 2 aromatic rings. The summed E-state index contributed by atoms with van der Waals surface area (Å²) in [5.74, 6) is 0.224. The Morgan fingerprint density at radius 3 is 2.81 bits per heavy atom. The maximum atomic E-state index is 12.1. The Kier molecular flexibility index (Phi) is 4.61. The lowest BCUT2D eigenvalue weighted by molar-refractivity contribution is -0.116. The normalized spacial score (nSPS) is 10.4. The molecule has 7 heteroatoms. The number of aromatic nitrogens is 2. The largest absolute Gasteiger partial charge is 0.399 e. The highest BCUT2D eigenvalue weighted by molar-refractivity contribution is 14.1. The smallest absolute Gasteiger partial charge is 0.267 e. The molecule has 110 valence electrons. The van der Waals surface area contributed by atoms with E-state index in [-0.39, 0.29) is 18.0 Å². The highest BCUT2D eigenvalue weighted by atomic mass is 127. The average Bonchev–Trinajstić information content (AvgIpc) is 2.42. The van der Waals surface area contributed by atoms with Crippen LogP contribution in [0, 0.1) is 17.4 Å². The monoisotopic (exact) mass is 398 g/mol. The molecule has 1 amide bonds. The molecule has 1 aromatic carbocycles. The van der Waals surface area contributed by atoms with Gasteiger partial charge in [0.15, 0.2) is 0 Å². The summed E-state index contributed by atoms with van der Waals surface area (Å²) in [5.41, 5.74) is 7.64. The van der Waals surface area contributed by atoms with Crippen molar-refractivity contribution >= 4 is 39.9 Å². The Morgan fingerprint density at radius 2 is 2.14 bits per heavy atom. The van der Waals surface area contributed by atoms with Crippen molar-refractivity contribution in [3.63, 3.8) is 0 Å². The summed E-state index contributed by atoms with van der Waals surface area (Å²) in [4.78, 5) is 28.2. The Bertz CT molecular complexity index is 755. The average molecular weight is 398 g/mol. The molecule has 0 unspecified atom stereocenters. The van der Waals surface area contributed by atoms with E-state index in [4.69, 9.17) is 5.73 Å². The highest BCUT2D eigenvalue weighted by Crippen LogP contribution is 2.17. The van der Waals surface area contributed by atoms with Crippen molar-refractivity contribution in [3.05, 3.63) is 49.7 Å². The minimum Gasteiger partial charge on any atom is -0.399 e. The first-order chi connectivity index (χ1) is 9.88. The van der Waals surface area contributed by atoms with Crippen molar-refractivity contribution < 1.29 is 4.79 Å². The van der Waals surface area contributed by atoms with Crippen LogP contribution in [0.25, 0.3) is 0 Å². The number of carbonyl (C=O) groups is 1. The Balaban J connectivity index is 2.20. The number of benzene rings is 1. The number of anilines is 2. The number of nitrogens with two attached hydrogens (primary N) is 1. The van der Waals surface area contributed by atoms with Gasteiger partial charge in [0, 0.05) is 17.6 Å². The number of nitrogen functional groups attached to an aromatic ring is 1. The topological polar surface area (TPSA) is 90.0 Å². The molecule has 0 fully saturated rings. The van der Waals surface area contributed by atoms with Crippen molar-refractivity contribution in [2.24, 2.45) is 0 Å². The molecule has 1 aromatic heterocycles. The third-order valence-corrected chi connectivity index (χ3v) is 3.77. The van der Waals surface area contributed by atoms with Gasteiger partial charge in [-0.2, -0.15) is 0 Å². The lowest BCUT2D eigenvalue weighted by atomic mass is 10.2. The van der Waals surface area contributed by atoms with E-state index in [2.05, 4.69) is 10.3 Å². The van der Waals surface area contributed by atoms with Gasteiger partial charge in [-0.05, 0) is 60.2 Å². The zero-order valence-electron chi connectivity index (χ0n) is 11.7. The summed E-state index contributed by atoms with van der Waals surface area (Å²) in [6.45, 7) is 3.48. The molecule has 0 aliphatic heterocycles. The molecular weight excluding hydrogens is 383 g/mol. The van der Waals surface area contributed by atoms with Crippen molar-refractivity contribution in [2.45, 2.75) is 20.4 Å². The van der Waals surface area contributed by atoms with E-state index in [9.17, 15) is 9.59 Å². The number of carbonyl (C=O) groups excluding carboxylic acids is 1. The van der Waals surface area contributed by atoms with Gasteiger partial charge < -0.3 is 11.1 Å². The number of hydrogen-bond donors (Lipinski definition) is 2. The first-order valence-corrected chi connectivity index (χ1v) is 7.34. The number of aryl methyl sites for hydroxylation is 2. The van der Waals surface area contributed by atoms with E-state index in [1.807, 2.05) is 29.5 Å². The van der Waals surface area contributed by atoms with Crippen molar-refractivity contribution in [1.29, 1.82) is 0 Å². The fraction of sp³-hybridized carbons (Fsp3) is 0.214. The SMILES string of the molecule is Cc1cc(N)ccc1NC(=O)Cn1c(C)ncc(I)c1=O. The Labute approximate surface area is 135 Å². The third-order valence-electron chi connectivity index (χ3n) is 3.03. The van der Waals surface area contributed by atoms with Crippen molar-refractivity contribution in [1.82, 2.24) is 9.55 Å². The van der Waals surface area contributed by atoms with Gasteiger partial charge in [-0.1, -0.05) is 0 Å². The van der Waals surface area contributed by atoms with Gasteiger partial charge in [0.2, 0.25) is 5.91 Å². The second-order valence-electron chi connectivity index (χ2n) is 4.67. The quantitative estimate of drug-likeness (QED) is 0.608. The van der Waals surface area contributed by atoms with Crippen LogP contribution in [0.1, 0.15) is 11.4 Å². The van der Waals surface area contributed by atoms with Crippen LogP contribution < -0.4 is 16.6 Å². The van der Waals surface area contributed by atoms with Crippen LogP contribution in [0.3, 0.4) is 0 Å². The fourth-order valence-corrected chi connectivity index (χ4v) is 2.33. The first-order valence-electron chi connectivity index (χ1n) is 6.26. The molecule has 0 bridgehead atoms. The van der Waals surface area contributed by atoms with Crippen LogP contribution in [-0.4, -0.2) is 15.5 Å². The molecule has 0 saturated carbocycles. The van der Waals surface area contributed by atoms with Gasteiger partial charge in [0.1, 0.15) is 12.4 Å². The number of hydrogen-bond acceptors (Lipinski definition) is 4. The molecule has 0 saturated heterocycles. The minimum atomic E-state index is -0.281. The van der Waals surface area contributed by atoms with Crippen LogP contribution in [0.15, 0.2) is 29.2 Å². The maximum absolute atomic E-state index is 12.1. The van der Waals surface area contributed by atoms with Crippen LogP contribution in [-0.2, 0) is 11.3 Å². The molecular formula is C14H15IN4O2. The highest BCUT2D eigenvalue weighted by Gasteiger charge is 2.11. The number of nitrogens with one attached hydrogen (secondary N) is 1. The lowest BCUT2D eigenvalue weighted by Gasteiger charge is -2.11. The van der Waals surface area contributed by atoms with E-state index < -0.39 is 0 Å². The molecule has 1 heterocycles. The summed E-state index contributed by atoms with van der Waals surface area (Å²) < 4.78 is 1.83. The zero-order chi connectivity index (χ0) is 15.6. The van der Waals surface area contributed by atoms with Gasteiger partial charge >= 0.3 is 0 Å². The fourth-order valence-electron chi connectivity index (χ4n) is 1.90. The van der Waals surface area contributed by atoms with E-state index >= 15 is 0 Å². The third kappa shape index (κ3) is 3.60. The van der Waals surface area contributed by atoms with Crippen LogP contribution in [0.2, 0.25) is 0 Å². The van der Waals surface area contributed by atoms with Gasteiger partial charge in [0.25, 0.3) is 5.56 Å². The summed E-state index contributed by atoms with van der Waals surface area (Å²) in [6.07, 6.45) is 1.50. The molecule has 3 N–H and O–H groups in total. The molecule has 2 rings (SSSR count). The molecule has 0 atom stereocenters. The van der Waals surface area contributed by atoms with Gasteiger partial charge in [-0.25, -0.2) is 4.98 Å². The van der Waals surface area contributed by atoms with Gasteiger partial charge in [-0.15, -0.1) is 0 Å². The number of rotatable bonds is 3. The second-order valence-corrected chi connectivity index (χ2v) is 5.83. The van der Waals surface area contributed by atoms with Crippen LogP contribution in [0.4, 0.5) is 11.4 Å². The van der Waals surface area contributed by atoms with Crippen molar-refractivity contribution in [3.8, 4) is 0 Å². The van der Waals surface area contributed by atoms with E-state index in [0.717, 1.165) is 5.56 Å². The number of halogens is 1. The number of nitrogens with zero attached hydrogens (tertiary/aromatic N) is 2. The standard InChI is InChI=1S/C14H15IN4O2/c1-8-5-10(16)3-4-12(8)18-13(20)7-19-9(2)17-6-11(15)14(19)21/h3-6H,7,16H2,1-2H3,(H,18,20). The van der Waals surface area contributed by atoms with Gasteiger partial charge in [-0.3, -0.25) is 14.2 Å². The van der Waals surface area contributed by atoms with Crippen LogP contribution in [0.5, 0.6) is 0 Å². The Morgan fingerprint density at radius 1 is 1.43 bits per heavy atom. The summed E-state index contributed by atoms with van der Waals surface area (Å²) in [6, 6.07) is 5.23. The molecule has 0 radical (unpaired) electrons. The number of amides is 1. The summed E-state index contributed by atoms with van der Waals surface area (Å²) in [7, 11) is 0. The van der Waals surface area contributed by atoms with Gasteiger partial charge in [0.05, 0.1) is 3.57 Å². The summed E-state index contributed by atoms with van der Waals surface area (Å²) in [5, 5.41) is 2.78. The zero-order valence-corrected chi connectivity index (χ0v) is 13.8. The Hall–Kier alpha value is -1.90. The lowest BCUT2D eigenvalue weighted by Crippen LogP contribution is -2.31. The molecule has 0 aliphatic carbocycles. The molecule has 6 nitrogen and oxygen atoms in total. The molecule has 0 aliphatic rings. The predicted octanol–water partition coefficient (Wildman–Crippen LogP) is 1.69. The molecule has 0 spiro atoms. The van der Waals surface area contributed by atoms with E-state index in [1.54, 1.807) is 25.1 Å². The van der Waals surface area contributed by atoms with Crippen LogP contribution >= 0.6 is 22.6 Å².